The molecule has 0 aromatic heterocycles. The first-order chi connectivity index (χ1) is 4.75. The fraction of sp³-hybridized carbons (Fsp3) is 0.857. The van der Waals surface area contributed by atoms with E-state index in [1.807, 2.05) is 18.2 Å². The zero-order valence-electron chi connectivity index (χ0n) is 6.46. The Balaban J connectivity index is 2.51. The quantitative estimate of drug-likeness (QED) is 0.568. The van der Waals surface area contributed by atoms with Crippen molar-refractivity contribution in [2.24, 2.45) is 0 Å². The lowest BCUT2D eigenvalue weighted by molar-refractivity contribution is -0.131. The van der Waals surface area contributed by atoms with E-state index >= 15 is 0 Å². The Labute approximate surface area is 66.0 Å². The second-order valence-electron chi connectivity index (χ2n) is 2.63. The van der Waals surface area contributed by atoms with Crippen molar-refractivity contribution in [1.29, 1.82) is 0 Å². The number of hydrogen-bond acceptors (Lipinski definition) is 2. The van der Waals surface area contributed by atoms with Crippen LogP contribution in [0.5, 0.6) is 0 Å². The van der Waals surface area contributed by atoms with Gasteiger partial charge in [0.2, 0.25) is 5.91 Å². The first-order valence-corrected chi connectivity index (χ1v) is 4.82. The largest absolute Gasteiger partial charge is 0.345 e. The molecule has 1 fully saturated rings. The Kier molecular flexibility index (Phi) is 2.60. The molecule has 1 aliphatic heterocycles. The highest BCUT2D eigenvalue weighted by Crippen LogP contribution is 2.19. The molecule has 0 aromatic rings. The summed E-state index contributed by atoms with van der Waals surface area (Å²) in [5.74, 6) is 0.304. The van der Waals surface area contributed by atoms with E-state index in [-0.39, 0.29) is 5.25 Å². The average Bonchev–Trinajstić information content (AvgIpc) is 1.95. The van der Waals surface area contributed by atoms with Gasteiger partial charge in [0, 0.05) is 13.6 Å². The van der Waals surface area contributed by atoms with Gasteiger partial charge in [-0.15, -0.1) is 0 Å². The van der Waals surface area contributed by atoms with Crippen LogP contribution in [0.3, 0.4) is 0 Å². The molecule has 3 heteroatoms. The molecule has 10 heavy (non-hydrogen) atoms. The summed E-state index contributed by atoms with van der Waals surface area (Å²) in [5.41, 5.74) is 0. The molecule has 0 radical (unpaired) electrons. The number of amides is 1. The highest BCUT2D eigenvalue weighted by atomic mass is 32.2. The van der Waals surface area contributed by atoms with Crippen molar-refractivity contribution in [3.05, 3.63) is 0 Å². The molecule has 0 spiro atoms. The molecule has 1 saturated heterocycles. The van der Waals surface area contributed by atoms with Crippen LogP contribution >= 0.6 is 11.8 Å². The lowest BCUT2D eigenvalue weighted by atomic mass is 10.1. The molecule has 1 amide bonds. The maximum Gasteiger partial charge on any atom is 0.235 e. The lowest BCUT2D eigenvalue weighted by Gasteiger charge is -2.27. The summed E-state index contributed by atoms with van der Waals surface area (Å²) in [6.45, 7) is 0.940. The fourth-order valence-corrected chi connectivity index (χ4v) is 2.00. The van der Waals surface area contributed by atoms with Gasteiger partial charge >= 0.3 is 0 Å². The predicted octanol–water partition coefficient (Wildman–Crippen LogP) is 0.970. The minimum atomic E-state index is 0.235. The van der Waals surface area contributed by atoms with Crippen LogP contribution in [0, 0.1) is 0 Å². The molecule has 1 aliphatic rings. The van der Waals surface area contributed by atoms with E-state index in [2.05, 4.69) is 0 Å². The number of carbonyl (C=O) groups excluding carboxylic acids is 1. The summed E-state index contributed by atoms with van der Waals surface area (Å²) in [4.78, 5) is 13.1. The van der Waals surface area contributed by atoms with Gasteiger partial charge in [0.1, 0.15) is 0 Å². The highest BCUT2D eigenvalue weighted by Gasteiger charge is 2.24. The van der Waals surface area contributed by atoms with Crippen molar-refractivity contribution in [2.45, 2.75) is 18.1 Å². The van der Waals surface area contributed by atoms with E-state index in [9.17, 15) is 4.79 Å². The zero-order chi connectivity index (χ0) is 7.56. The molecular formula is C7H13NOS. The van der Waals surface area contributed by atoms with E-state index in [4.69, 9.17) is 0 Å². The molecule has 0 aliphatic carbocycles. The van der Waals surface area contributed by atoms with Crippen molar-refractivity contribution in [3.8, 4) is 0 Å². The van der Waals surface area contributed by atoms with Crippen LogP contribution in [0.2, 0.25) is 0 Å². The second-order valence-corrected chi connectivity index (χ2v) is 3.67. The minimum Gasteiger partial charge on any atom is -0.345 e. The first kappa shape index (κ1) is 7.92. The van der Waals surface area contributed by atoms with Crippen molar-refractivity contribution < 1.29 is 4.79 Å². The van der Waals surface area contributed by atoms with Crippen LogP contribution in [0.15, 0.2) is 0 Å². The predicted molar refractivity (Wildman–Crippen MR) is 44.2 cm³/mol. The van der Waals surface area contributed by atoms with E-state index in [0.717, 1.165) is 19.4 Å². The van der Waals surface area contributed by atoms with Crippen molar-refractivity contribution in [1.82, 2.24) is 4.90 Å². The van der Waals surface area contributed by atoms with Crippen LogP contribution < -0.4 is 0 Å². The molecule has 0 aromatic carbocycles. The first-order valence-electron chi connectivity index (χ1n) is 3.53. The Morgan fingerprint density at radius 2 is 2.40 bits per heavy atom. The number of nitrogens with zero attached hydrogens (tertiary/aromatic N) is 1. The molecule has 1 unspecified atom stereocenters. The third-order valence-corrected chi connectivity index (χ3v) is 2.90. The fourth-order valence-electron chi connectivity index (χ4n) is 1.21. The van der Waals surface area contributed by atoms with E-state index in [1.165, 1.54) is 0 Å². The van der Waals surface area contributed by atoms with Gasteiger partial charge in [-0.3, -0.25) is 4.79 Å². The van der Waals surface area contributed by atoms with Gasteiger partial charge in [-0.05, 0) is 19.1 Å². The summed E-state index contributed by atoms with van der Waals surface area (Å²) in [7, 11) is 1.88. The number of carbonyl (C=O) groups is 1. The SMILES string of the molecule is CSC1CCCN(C)C1=O. The van der Waals surface area contributed by atoms with Gasteiger partial charge in [-0.25, -0.2) is 0 Å². The number of thioether (sulfide) groups is 1. The number of rotatable bonds is 1. The molecule has 2 nitrogen and oxygen atoms in total. The van der Waals surface area contributed by atoms with Crippen molar-refractivity contribution in [2.75, 3.05) is 19.8 Å². The van der Waals surface area contributed by atoms with Crippen molar-refractivity contribution in [3.63, 3.8) is 0 Å². The van der Waals surface area contributed by atoms with Crippen LogP contribution in [-0.2, 0) is 4.79 Å². The van der Waals surface area contributed by atoms with E-state index in [1.54, 1.807) is 11.8 Å². The smallest absolute Gasteiger partial charge is 0.235 e. The Morgan fingerprint density at radius 1 is 1.70 bits per heavy atom. The molecule has 0 N–H and O–H groups in total. The molecule has 0 bridgehead atoms. The van der Waals surface area contributed by atoms with Crippen molar-refractivity contribution >= 4 is 17.7 Å². The minimum absolute atomic E-state index is 0.235. The zero-order valence-corrected chi connectivity index (χ0v) is 7.28. The maximum absolute atomic E-state index is 11.3. The van der Waals surface area contributed by atoms with Gasteiger partial charge in [0.15, 0.2) is 0 Å². The summed E-state index contributed by atoms with van der Waals surface area (Å²) in [5, 5.41) is 0.235. The van der Waals surface area contributed by atoms with Crippen LogP contribution in [0.1, 0.15) is 12.8 Å². The summed E-state index contributed by atoms with van der Waals surface area (Å²) >= 11 is 1.67. The monoisotopic (exact) mass is 159 g/mol. The Morgan fingerprint density at radius 3 is 2.90 bits per heavy atom. The number of likely N-dealkylation sites (tertiary alicyclic amines) is 1. The molecule has 1 heterocycles. The highest BCUT2D eigenvalue weighted by molar-refractivity contribution is 7.99. The lowest BCUT2D eigenvalue weighted by Crippen LogP contribution is -2.39. The van der Waals surface area contributed by atoms with Gasteiger partial charge in [0.05, 0.1) is 5.25 Å². The maximum atomic E-state index is 11.3. The molecule has 58 valence electrons. The van der Waals surface area contributed by atoms with Crippen LogP contribution in [0.25, 0.3) is 0 Å². The van der Waals surface area contributed by atoms with Gasteiger partial charge in [-0.1, -0.05) is 0 Å². The van der Waals surface area contributed by atoms with Gasteiger partial charge < -0.3 is 4.90 Å². The molecule has 1 rings (SSSR count). The Hall–Kier alpha value is -0.180. The normalized spacial score (nSPS) is 27.2. The Bertz CT molecular complexity index is 138. The standard InChI is InChI=1S/C7H13NOS/c1-8-5-3-4-6(10-2)7(8)9/h6H,3-5H2,1-2H3. The van der Waals surface area contributed by atoms with E-state index in [0.29, 0.717) is 5.91 Å². The van der Waals surface area contributed by atoms with Crippen LogP contribution in [0.4, 0.5) is 0 Å². The van der Waals surface area contributed by atoms with Crippen LogP contribution in [-0.4, -0.2) is 35.9 Å². The van der Waals surface area contributed by atoms with E-state index < -0.39 is 0 Å². The average molecular weight is 159 g/mol. The molecule has 1 atom stereocenters. The molecular weight excluding hydrogens is 146 g/mol. The van der Waals surface area contributed by atoms with Gasteiger partial charge in [-0.2, -0.15) is 11.8 Å². The second kappa shape index (κ2) is 3.28. The summed E-state index contributed by atoms with van der Waals surface area (Å²) in [6.07, 6.45) is 4.22. The number of hydrogen-bond donors (Lipinski definition) is 0. The van der Waals surface area contributed by atoms with Gasteiger partial charge in [0.25, 0.3) is 0 Å². The summed E-state index contributed by atoms with van der Waals surface area (Å²) in [6, 6.07) is 0. The summed E-state index contributed by atoms with van der Waals surface area (Å²) < 4.78 is 0. The molecule has 0 saturated carbocycles. The topological polar surface area (TPSA) is 20.3 Å². The third kappa shape index (κ3) is 1.45. The number of piperidine rings is 1. The third-order valence-electron chi connectivity index (χ3n) is 1.90.